The van der Waals surface area contributed by atoms with Gasteiger partial charge in [-0.1, -0.05) is 6.07 Å². The molecule has 0 spiro atoms. The quantitative estimate of drug-likeness (QED) is 0.834. The molecule has 2 rings (SSSR count). The van der Waals surface area contributed by atoms with Gasteiger partial charge in [0.05, 0.1) is 20.3 Å². The van der Waals surface area contributed by atoms with Gasteiger partial charge in [-0.2, -0.15) is 0 Å². The van der Waals surface area contributed by atoms with Crippen LogP contribution >= 0.6 is 0 Å². The van der Waals surface area contributed by atoms with Crippen molar-refractivity contribution in [1.29, 1.82) is 0 Å². The lowest BCUT2D eigenvalue weighted by atomic mass is 10.1. The van der Waals surface area contributed by atoms with Gasteiger partial charge in [0, 0.05) is 6.42 Å². The van der Waals surface area contributed by atoms with E-state index < -0.39 is 5.82 Å². The molecule has 0 radical (unpaired) electrons. The van der Waals surface area contributed by atoms with Crippen LogP contribution in [0, 0.1) is 5.82 Å². The Morgan fingerprint density at radius 3 is 2.94 bits per heavy atom. The third-order valence-corrected chi connectivity index (χ3v) is 2.50. The molecule has 18 heavy (non-hydrogen) atoms. The number of halogens is 1. The number of hydrogen-bond donors (Lipinski definition) is 1. The predicted octanol–water partition coefficient (Wildman–Crippen LogP) is 0.404. The van der Waals surface area contributed by atoms with E-state index in [1.807, 2.05) is 0 Å². The number of ether oxygens (including phenoxy) is 1. The van der Waals surface area contributed by atoms with Crippen LogP contribution in [0.25, 0.3) is 0 Å². The molecule has 0 saturated carbocycles. The average molecular weight is 252 g/mol. The summed E-state index contributed by atoms with van der Waals surface area (Å²) in [5.74, 6) is 0.360. The van der Waals surface area contributed by atoms with Crippen LogP contribution in [0.15, 0.2) is 18.2 Å². The van der Waals surface area contributed by atoms with Crippen molar-refractivity contribution in [3.63, 3.8) is 0 Å². The van der Waals surface area contributed by atoms with E-state index in [1.54, 1.807) is 12.1 Å². The maximum absolute atomic E-state index is 13.5. The van der Waals surface area contributed by atoms with Crippen LogP contribution in [0.1, 0.15) is 11.4 Å². The van der Waals surface area contributed by atoms with Gasteiger partial charge in [0.25, 0.3) is 0 Å². The number of methoxy groups -OCH3 is 1. The largest absolute Gasteiger partial charge is 0.494 e. The molecule has 0 aliphatic rings. The van der Waals surface area contributed by atoms with Crippen molar-refractivity contribution in [2.24, 2.45) is 0 Å². The Balaban J connectivity index is 2.18. The molecule has 0 saturated heterocycles. The van der Waals surface area contributed by atoms with E-state index in [0.717, 1.165) is 5.56 Å². The highest BCUT2D eigenvalue weighted by atomic mass is 19.1. The molecule has 0 bridgehead atoms. The van der Waals surface area contributed by atoms with Crippen LogP contribution < -0.4 is 4.74 Å². The zero-order valence-electron chi connectivity index (χ0n) is 9.88. The zero-order chi connectivity index (χ0) is 13.0. The molecule has 6 nitrogen and oxygen atoms in total. The maximum Gasteiger partial charge on any atom is 0.165 e. The summed E-state index contributed by atoms with van der Waals surface area (Å²) in [6, 6.07) is 4.70. The fourth-order valence-corrected chi connectivity index (χ4v) is 1.62. The van der Waals surface area contributed by atoms with Gasteiger partial charge in [-0.25, -0.2) is 9.07 Å². The maximum atomic E-state index is 13.5. The van der Waals surface area contributed by atoms with E-state index in [2.05, 4.69) is 15.5 Å². The molecule has 2 aromatic rings. The fourth-order valence-electron chi connectivity index (χ4n) is 1.62. The first-order valence-electron chi connectivity index (χ1n) is 5.43. The molecule has 0 unspecified atom stereocenters. The first-order valence-corrected chi connectivity index (χ1v) is 5.43. The summed E-state index contributed by atoms with van der Waals surface area (Å²) in [6.45, 7) is 0.274. The Bertz CT molecular complexity index is 530. The van der Waals surface area contributed by atoms with Gasteiger partial charge in [-0.15, -0.1) is 5.10 Å². The standard InChI is InChI=1S/C11H13FN4O2/c1-18-10-3-2-8(6-9(10)12)7-11-13-14-15-16(11)4-5-17/h2-3,6,17H,4-5,7H2,1H3. The Morgan fingerprint density at radius 2 is 2.28 bits per heavy atom. The molecule has 96 valence electrons. The van der Waals surface area contributed by atoms with Crippen molar-refractivity contribution in [3.05, 3.63) is 35.4 Å². The summed E-state index contributed by atoms with van der Waals surface area (Å²) in [7, 11) is 1.42. The zero-order valence-corrected chi connectivity index (χ0v) is 9.88. The monoisotopic (exact) mass is 252 g/mol. The van der Waals surface area contributed by atoms with Crippen LogP contribution in [0.5, 0.6) is 5.75 Å². The molecule has 1 aromatic carbocycles. The molecule has 0 amide bonds. The lowest BCUT2D eigenvalue weighted by molar-refractivity contribution is 0.266. The van der Waals surface area contributed by atoms with Crippen LogP contribution in [0.3, 0.4) is 0 Å². The van der Waals surface area contributed by atoms with E-state index in [4.69, 9.17) is 9.84 Å². The number of aliphatic hydroxyl groups excluding tert-OH is 1. The third kappa shape index (κ3) is 2.62. The lowest BCUT2D eigenvalue weighted by Gasteiger charge is -2.05. The van der Waals surface area contributed by atoms with E-state index in [9.17, 15) is 4.39 Å². The number of tetrazole rings is 1. The summed E-state index contributed by atoms with van der Waals surface area (Å²) in [5, 5.41) is 19.9. The van der Waals surface area contributed by atoms with Crippen molar-refractivity contribution in [2.75, 3.05) is 13.7 Å². The fraction of sp³-hybridized carbons (Fsp3) is 0.364. The highest BCUT2D eigenvalue weighted by molar-refractivity contribution is 5.30. The van der Waals surface area contributed by atoms with Gasteiger partial charge in [-0.05, 0) is 28.1 Å². The van der Waals surface area contributed by atoms with E-state index >= 15 is 0 Å². The van der Waals surface area contributed by atoms with Crippen molar-refractivity contribution in [1.82, 2.24) is 20.2 Å². The summed E-state index contributed by atoms with van der Waals surface area (Å²) in [6.07, 6.45) is 0.397. The van der Waals surface area contributed by atoms with Gasteiger partial charge in [0.15, 0.2) is 17.4 Å². The van der Waals surface area contributed by atoms with E-state index in [-0.39, 0.29) is 12.4 Å². The average Bonchev–Trinajstić information content (AvgIpc) is 2.78. The molecular formula is C11H13FN4O2. The first-order chi connectivity index (χ1) is 8.74. The number of aliphatic hydroxyl groups is 1. The predicted molar refractivity (Wildman–Crippen MR) is 60.7 cm³/mol. The molecule has 0 atom stereocenters. The van der Waals surface area contributed by atoms with Crippen molar-refractivity contribution in [2.45, 2.75) is 13.0 Å². The van der Waals surface area contributed by atoms with Crippen molar-refractivity contribution < 1.29 is 14.2 Å². The smallest absolute Gasteiger partial charge is 0.165 e. The lowest BCUT2D eigenvalue weighted by Crippen LogP contribution is -2.09. The van der Waals surface area contributed by atoms with Crippen LogP contribution in [0.4, 0.5) is 4.39 Å². The first kappa shape index (κ1) is 12.4. The molecule has 1 heterocycles. The van der Waals surface area contributed by atoms with Crippen molar-refractivity contribution in [3.8, 4) is 5.75 Å². The number of nitrogens with zero attached hydrogens (tertiary/aromatic N) is 4. The molecular weight excluding hydrogens is 239 g/mol. The number of hydrogen-bond acceptors (Lipinski definition) is 5. The second kappa shape index (κ2) is 5.54. The van der Waals surface area contributed by atoms with Crippen LogP contribution in [-0.2, 0) is 13.0 Å². The Kier molecular flexibility index (Phi) is 3.83. The minimum atomic E-state index is -0.420. The van der Waals surface area contributed by atoms with Crippen molar-refractivity contribution >= 4 is 0 Å². The van der Waals surface area contributed by atoms with E-state index in [0.29, 0.717) is 18.8 Å². The topological polar surface area (TPSA) is 73.1 Å². The molecule has 7 heteroatoms. The highest BCUT2D eigenvalue weighted by Crippen LogP contribution is 2.18. The van der Waals surface area contributed by atoms with E-state index in [1.165, 1.54) is 17.9 Å². The molecule has 0 fully saturated rings. The van der Waals surface area contributed by atoms with Gasteiger partial charge in [0.1, 0.15) is 0 Å². The normalized spacial score (nSPS) is 10.6. The second-order valence-electron chi connectivity index (χ2n) is 3.69. The Hall–Kier alpha value is -2.02. The number of aromatic nitrogens is 4. The summed E-state index contributed by atoms with van der Waals surface area (Å²) in [5.41, 5.74) is 0.738. The minimum absolute atomic E-state index is 0.0466. The highest BCUT2D eigenvalue weighted by Gasteiger charge is 2.09. The van der Waals surface area contributed by atoms with Gasteiger partial charge >= 0.3 is 0 Å². The molecule has 0 aliphatic carbocycles. The van der Waals surface area contributed by atoms with Gasteiger partial charge in [-0.3, -0.25) is 0 Å². The SMILES string of the molecule is COc1ccc(Cc2nnnn2CCO)cc1F. The molecule has 0 aliphatic heterocycles. The summed E-state index contributed by atoms with van der Waals surface area (Å²) >= 11 is 0. The number of rotatable bonds is 5. The van der Waals surface area contributed by atoms with Crippen LogP contribution in [0.2, 0.25) is 0 Å². The Labute approximate surface area is 103 Å². The summed E-state index contributed by atoms with van der Waals surface area (Å²) < 4.78 is 19.8. The second-order valence-corrected chi connectivity index (χ2v) is 3.69. The number of benzene rings is 1. The van der Waals surface area contributed by atoms with Gasteiger partial charge in [0.2, 0.25) is 0 Å². The molecule has 1 N–H and O–H groups in total. The summed E-state index contributed by atoms with van der Waals surface area (Å²) in [4.78, 5) is 0. The van der Waals surface area contributed by atoms with Crippen LogP contribution in [-0.4, -0.2) is 39.0 Å². The van der Waals surface area contributed by atoms with Gasteiger partial charge < -0.3 is 9.84 Å². The Morgan fingerprint density at radius 1 is 1.44 bits per heavy atom. The minimum Gasteiger partial charge on any atom is -0.494 e. The third-order valence-electron chi connectivity index (χ3n) is 2.50. The molecule has 1 aromatic heterocycles.